The highest BCUT2D eigenvalue weighted by Gasteiger charge is 2.15. The van der Waals surface area contributed by atoms with Crippen LogP contribution in [0.5, 0.6) is 5.75 Å². The zero-order valence-corrected chi connectivity index (χ0v) is 11.8. The van der Waals surface area contributed by atoms with Crippen molar-refractivity contribution in [3.63, 3.8) is 0 Å². The van der Waals surface area contributed by atoms with Gasteiger partial charge in [-0.2, -0.15) is 11.8 Å². The summed E-state index contributed by atoms with van der Waals surface area (Å²) in [5.41, 5.74) is 1.91. The maximum atomic E-state index is 9.93. The molecule has 1 aromatic carbocycles. The number of aliphatic hydroxyl groups excluding tert-OH is 1. The van der Waals surface area contributed by atoms with Crippen LogP contribution in [0.2, 0.25) is 0 Å². The average Bonchev–Trinajstić information content (AvgIpc) is 2.24. The predicted molar refractivity (Wildman–Crippen MR) is 74.7 cm³/mol. The van der Waals surface area contributed by atoms with E-state index in [2.05, 4.69) is 6.92 Å². The van der Waals surface area contributed by atoms with Crippen molar-refractivity contribution in [1.29, 1.82) is 0 Å². The first-order chi connectivity index (χ1) is 7.91. The first-order valence-corrected chi connectivity index (χ1v) is 6.97. The molecular formula is C14H22O2S. The van der Waals surface area contributed by atoms with Crippen molar-refractivity contribution in [3.05, 3.63) is 29.3 Å². The van der Waals surface area contributed by atoms with Crippen LogP contribution in [0, 0.1) is 6.92 Å². The van der Waals surface area contributed by atoms with Gasteiger partial charge in [0.1, 0.15) is 5.75 Å². The van der Waals surface area contributed by atoms with Gasteiger partial charge in [0.2, 0.25) is 0 Å². The highest BCUT2D eigenvalue weighted by atomic mass is 32.2. The van der Waals surface area contributed by atoms with E-state index in [-0.39, 0.29) is 11.4 Å². The number of hydrogen-bond donors (Lipinski definition) is 2. The number of phenolic OH excluding ortho intramolecular Hbond substituents is 1. The molecule has 0 spiro atoms. The van der Waals surface area contributed by atoms with E-state index in [0.29, 0.717) is 11.0 Å². The highest BCUT2D eigenvalue weighted by molar-refractivity contribution is 8.00. The number of phenols is 1. The lowest BCUT2D eigenvalue weighted by Gasteiger charge is -2.20. The molecule has 0 amide bonds. The van der Waals surface area contributed by atoms with E-state index in [1.54, 1.807) is 11.8 Å². The molecule has 0 aliphatic carbocycles. The molecule has 3 atom stereocenters. The maximum absolute atomic E-state index is 9.93. The average molecular weight is 254 g/mol. The lowest BCUT2D eigenvalue weighted by Crippen LogP contribution is -2.19. The van der Waals surface area contributed by atoms with Crippen LogP contribution >= 0.6 is 11.8 Å². The Morgan fingerprint density at radius 1 is 1.24 bits per heavy atom. The monoisotopic (exact) mass is 254 g/mol. The zero-order valence-electron chi connectivity index (χ0n) is 11.0. The van der Waals surface area contributed by atoms with Crippen LogP contribution in [0.25, 0.3) is 0 Å². The van der Waals surface area contributed by atoms with E-state index in [4.69, 9.17) is 0 Å². The van der Waals surface area contributed by atoms with Crippen LogP contribution in [-0.4, -0.2) is 26.8 Å². The molecule has 0 fully saturated rings. The van der Waals surface area contributed by atoms with E-state index in [1.807, 2.05) is 39.0 Å². The molecule has 0 aliphatic heterocycles. The second-order valence-corrected chi connectivity index (χ2v) is 6.50. The Kier molecular flexibility index (Phi) is 5.34. The first-order valence-electron chi connectivity index (χ1n) is 6.02. The number of thioether (sulfide) groups is 1. The third-order valence-electron chi connectivity index (χ3n) is 2.95. The summed E-state index contributed by atoms with van der Waals surface area (Å²) in [5.74, 6) is 0.407. The fourth-order valence-corrected chi connectivity index (χ4v) is 2.96. The van der Waals surface area contributed by atoms with Crippen LogP contribution in [0.15, 0.2) is 18.2 Å². The SMILES string of the molecule is Cc1cccc(CC(C)SC(C)C(C)O)c1O. The number of aromatic hydroxyl groups is 1. The molecule has 0 saturated carbocycles. The van der Waals surface area contributed by atoms with Crippen LogP contribution in [-0.2, 0) is 6.42 Å². The lowest BCUT2D eigenvalue weighted by molar-refractivity contribution is 0.196. The van der Waals surface area contributed by atoms with Crippen molar-refractivity contribution in [2.75, 3.05) is 0 Å². The fourth-order valence-electron chi connectivity index (χ4n) is 1.72. The van der Waals surface area contributed by atoms with Gasteiger partial charge in [-0.05, 0) is 31.4 Å². The maximum Gasteiger partial charge on any atom is 0.121 e. The molecule has 1 aromatic rings. The minimum Gasteiger partial charge on any atom is -0.507 e. The van der Waals surface area contributed by atoms with Gasteiger partial charge in [0.25, 0.3) is 0 Å². The third-order valence-corrected chi connectivity index (χ3v) is 4.41. The van der Waals surface area contributed by atoms with Crippen molar-refractivity contribution in [2.24, 2.45) is 0 Å². The number of benzene rings is 1. The topological polar surface area (TPSA) is 40.5 Å². The van der Waals surface area contributed by atoms with Gasteiger partial charge in [-0.1, -0.05) is 32.0 Å². The van der Waals surface area contributed by atoms with E-state index < -0.39 is 0 Å². The van der Waals surface area contributed by atoms with E-state index >= 15 is 0 Å². The number of aliphatic hydroxyl groups is 1. The van der Waals surface area contributed by atoms with Gasteiger partial charge in [-0.15, -0.1) is 0 Å². The number of hydrogen-bond acceptors (Lipinski definition) is 3. The summed E-state index contributed by atoms with van der Waals surface area (Å²) in [6, 6.07) is 5.85. The van der Waals surface area contributed by atoms with Gasteiger partial charge < -0.3 is 10.2 Å². The molecule has 0 aliphatic rings. The molecule has 2 N–H and O–H groups in total. The van der Waals surface area contributed by atoms with Gasteiger partial charge in [0.05, 0.1) is 6.10 Å². The van der Waals surface area contributed by atoms with E-state index in [0.717, 1.165) is 17.5 Å². The molecule has 2 nitrogen and oxygen atoms in total. The fraction of sp³-hybridized carbons (Fsp3) is 0.571. The van der Waals surface area contributed by atoms with Crippen LogP contribution in [0.3, 0.4) is 0 Å². The predicted octanol–water partition coefficient (Wildman–Crippen LogP) is 3.13. The molecule has 0 heterocycles. The van der Waals surface area contributed by atoms with Gasteiger partial charge >= 0.3 is 0 Å². The number of rotatable bonds is 5. The molecule has 0 saturated heterocycles. The van der Waals surface area contributed by atoms with Crippen LogP contribution in [0.1, 0.15) is 31.9 Å². The standard InChI is InChI=1S/C14H22O2S/c1-9-6-5-7-13(14(9)16)8-10(2)17-12(4)11(3)15/h5-7,10-12,15-16H,8H2,1-4H3. The van der Waals surface area contributed by atoms with Crippen molar-refractivity contribution in [1.82, 2.24) is 0 Å². The van der Waals surface area contributed by atoms with E-state index in [9.17, 15) is 10.2 Å². The minimum absolute atomic E-state index is 0.219. The van der Waals surface area contributed by atoms with Crippen LogP contribution in [0.4, 0.5) is 0 Å². The lowest BCUT2D eigenvalue weighted by atomic mass is 10.1. The second kappa shape index (κ2) is 6.31. The van der Waals surface area contributed by atoms with Crippen LogP contribution < -0.4 is 0 Å². The summed E-state index contributed by atoms with van der Waals surface area (Å²) in [6.45, 7) is 7.89. The Labute approximate surface area is 108 Å². The van der Waals surface area contributed by atoms with E-state index in [1.165, 1.54) is 0 Å². The number of para-hydroxylation sites is 1. The molecule has 0 bridgehead atoms. The summed E-state index contributed by atoms with van der Waals surface area (Å²) >= 11 is 1.76. The van der Waals surface area contributed by atoms with Crippen molar-refractivity contribution in [3.8, 4) is 5.75 Å². The Morgan fingerprint density at radius 3 is 2.47 bits per heavy atom. The molecule has 0 aromatic heterocycles. The molecular weight excluding hydrogens is 232 g/mol. The largest absolute Gasteiger partial charge is 0.507 e. The van der Waals surface area contributed by atoms with Crippen molar-refractivity contribution >= 4 is 11.8 Å². The Morgan fingerprint density at radius 2 is 1.88 bits per heavy atom. The normalized spacial score (nSPS) is 16.5. The molecule has 3 heteroatoms. The third kappa shape index (κ3) is 4.25. The second-order valence-electron chi connectivity index (χ2n) is 4.68. The minimum atomic E-state index is -0.298. The summed E-state index contributed by atoms with van der Waals surface area (Å²) in [4.78, 5) is 0. The summed E-state index contributed by atoms with van der Waals surface area (Å²) < 4.78 is 0. The van der Waals surface area contributed by atoms with Gasteiger partial charge in [0, 0.05) is 10.5 Å². The van der Waals surface area contributed by atoms with Gasteiger partial charge in [0.15, 0.2) is 0 Å². The Bertz CT molecular complexity index is 363. The van der Waals surface area contributed by atoms with Crippen molar-refractivity contribution < 1.29 is 10.2 Å². The van der Waals surface area contributed by atoms with Gasteiger partial charge in [-0.3, -0.25) is 0 Å². The molecule has 17 heavy (non-hydrogen) atoms. The molecule has 3 unspecified atom stereocenters. The smallest absolute Gasteiger partial charge is 0.121 e. The first kappa shape index (κ1) is 14.4. The number of aryl methyl sites for hydroxylation is 1. The summed E-state index contributed by atoms with van der Waals surface area (Å²) in [7, 11) is 0. The van der Waals surface area contributed by atoms with Crippen molar-refractivity contribution in [2.45, 2.75) is 50.7 Å². The Hall–Kier alpha value is -0.670. The summed E-state index contributed by atoms with van der Waals surface area (Å²) in [6.07, 6.45) is 0.531. The molecule has 96 valence electrons. The summed E-state index contributed by atoms with van der Waals surface area (Å²) in [5, 5.41) is 20.0. The quantitative estimate of drug-likeness (QED) is 0.848. The molecule has 1 rings (SSSR count). The Balaban J connectivity index is 2.62. The zero-order chi connectivity index (χ0) is 13.0. The highest BCUT2D eigenvalue weighted by Crippen LogP contribution is 2.28. The van der Waals surface area contributed by atoms with Gasteiger partial charge in [-0.25, -0.2) is 0 Å². The molecule has 0 radical (unpaired) electrons.